The number of rotatable bonds is 5. The number of benzene rings is 2. The van der Waals surface area contributed by atoms with Gasteiger partial charge in [-0.2, -0.15) is 0 Å². The van der Waals surface area contributed by atoms with Crippen molar-refractivity contribution in [1.29, 1.82) is 0 Å². The van der Waals surface area contributed by atoms with Crippen molar-refractivity contribution in [1.82, 2.24) is 21.1 Å². The molecule has 47 heavy (non-hydrogen) atoms. The van der Waals surface area contributed by atoms with E-state index in [0.29, 0.717) is 44.4 Å². The first kappa shape index (κ1) is 35.6. The number of carbonyl (C=O) groups is 4. The van der Waals surface area contributed by atoms with E-state index in [1.165, 1.54) is 17.1 Å². The molecule has 4 bridgehead atoms. The largest absolute Gasteiger partial charge is 0.508 e. The molecule has 4 N–H and O–H groups in total. The minimum Gasteiger partial charge on any atom is -0.508 e. The fraction of sp³-hybridized carbons (Fsp3) is 0.500. The van der Waals surface area contributed by atoms with Crippen LogP contribution in [0.1, 0.15) is 70.1 Å². The first-order chi connectivity index (χ1) is 22.5. The second-order valence-corrected chi connectivity index (χ2v) is 12.6. The number of carbonyl (C=O) groups excluding carboxylic acids is 4. The highest BCUT2D eigenvalue weighted by Gasteiger charge is 2.36. The highest BCUT2D eigenvalue weighted by Crippen LogP contribution is 2.19. The van der Waals surface area contributed by atoms with Crippen LogP contribution in [-0.2, 0) is 41.7 Å². The van der Waals surface area contributed by atoms with E-state index < -0.39 is 41.8 Å². The Kier molecular flexibility index (Phi) is 12.9. The third-order valence-corrected chi connectivity index (χ3v) is 8.56. The minimum atomic E-state index is -1.05. The zero-order valence-electron chi connectivity index (χ0n) is 27.7. The molecular weight excluding hydrogens is 600 g/mol. The normalized spacial score (nSPS) is 26.0. The summed E-state index contributed by atoms with van der Waals surface area (Å²) in [5, 5.41) is 17.2. The number of cyclic esters (lactones) is 1. The average Bonchev–Trinajstić information content (AvgIpc) is 3.06. The van der Waals surface area contributed by atoms with Crippen molar-refractivity contribution >= 4 is 29.8 Å². The van der Waals surface area contributed by atoms with E-state index in [1.807, 2.05) is 57.2 Å². The van der Waals surface area contributed by atoms with Crippen LogP contribution in [0.15, 0.2) is 54.6 Å². The number of fused-ring (bicyclic) bond motifs is 4. The standard InChI is InChI=1S/C36H48N4O7/c1-5-46-31-17-7-6-11-25-12-8-14-27(19-25)22-47-36(45)29-16-10-18-40(39-29)35(44)30(21-26-13-9-15-28(41)20-26)37-34(43)32(23(2)3)38-33(42)24(31)4/h6,8-9,11-15,19-20,23-24,29-32,39,41H,5,7,10,16-18,21-22H2,1-4H3,(H,37,43)(H,38,42)/b11-6+/t24-,29+,30+,31-,32+/m1/s1. The average molecular weight is 649 g/mol. The van der Waals surface area contributed by atoms with Crippen molar-refractivity contribution in [3.63, 3.8) is 0 Å². The number of hydrogen-bond acceptors (Lipinski definition) is 8. The van der Waals surface area contributed by atoms with Gasteiger partial charge in [-0.15, -0.1) is 0 Å². The van der Waals surface area contributed by atoms with Crippen LogP contribution in [0, 0.1) is 11.8 Å². The van der Waals surface area contributed by atoms with Gasteiger partial charge in [0.05, 0.1) is 12.0 Å². The van der Waals surface area contributed by atoms with Gasteiger partial charge < -0.3 is 25.2 Å². The molecule has 11 heteroatoms. The second-order valence-electron chi connectivity index (χ2n) is 12.6. The SMILES string of the molecule is CCO[C@@H]1CC/C=C/c2cccc(c2)COC(=O)[C@@H]2CCCN(N2)C(=O)[C@H](Cc2cccc(O)c2)NC(=O)[C@H](C(C)C)NC(=O)[C@@H]1C. The first-order valence-corrected chi connectivity index (χ1v) is 16.6. The number of nitrogens with zero attached hydrogens (tertiary/aromatic N) is 1. The number of phenolic OH excluding ortho intramolecular Hbond substituents is 1. The Labute approximate surface area is 277 Å². The summed E-state index contributed by atoms with van der Waals surface area (Å²) in [4.78, 5) is 54.4. The predicted molar refractivity (Wildman–Crippen MR) is 177 cm³/mol. The number of allylic oxidation sites excluding steroid dienone is 1. The molecule has 5 atom stereocenters. The number of hydrogen-bond donors (Lipinski definition) is 4. The molecule has 0 saturated carbocycles. The van der Waals surface area contributed by atoms with E-state index >= 15 is 0 Å². The van der Waals surface area contributed by atoms with Crippen molar-refractivity contribution in [3.05, 3.63) is 71.3 Å². The molecule has 3 amide bonds. The number of aromatic hydroxyl groups is 1. The summed E-state index contributed by atoms with van der Waals surface area (Å²) in [5.41, 5.74) is 5.43. The fourth-order valence-corrected chi connectivity index (χ4v) is 5.89. The number of hydrazine groups is 1. The van der Waals surface area contributed by atoms with Gasteiger partial charge >= 0.3 is 5.97 Å². The van der Waals surface area contributed by atoms with Crippen molar-refractivity contribution in [2.24, 2.45) is 11.8 Å². The first-order valence-electron chi connectivity index (χ1n) is 16.6. The van der Waals surface area contributed by atoms with E-state index in [9.17, 15) is 24.3 Å². The Hall–Kier alpha value is -4.22. The van der Waals surface area contributed by atoms with Crippen LogP contribution in [0.4, 0.5) is 0 Å². The minimum absolute atomic E-state index is 0.0322. The van der Waals surface area contributed by atoms with Crippen LogP contribution in [0.2, 0.25) is 0 Å². The highest BCUT2D eigenvalue weighted by molar-refractivity contribution is 5.93. The molecule has 2 heterocycles. The Balaban J connectivity index is 1.65. The van der Waals surface area contributed by atoms with Crippen LogP contribution in [0.5, 0.6) is 5.75 Å². The lowest BCUT2D eigenvalue weighted by molar-refractivity contribution is -0.154. The van der Waals surface area contributed by atoms with E-state index in [4.69, 9.17) is 9.47 Å². The maximum atomic E-state index is 14.0. The van der Waals surface area contributed by atoms with Gasteiger partial charge in [0, 0.05) is 19.6 Å². The lowest BCUT2D eigenvalue weighted by Gasteiger charge is -2.35. The summed E-state index contributed by atoms with van der Waals surface area (Å²) in [6.07, 6.45) is 6.02. The van der Waals surface area contributed by atoms with Gasteiger partial charge in [-0.25, -0.2) is 5.43 Å². The van der Waals surface area contributed by atoms with Crippen molar-refractivity contribution < 1.29 is 33.8 Å². The van der Waals surface area contributed by atoms with Gasteiger partial charge in [0.15, 0.2) is 0 Å². The van der Waals surface area contributed by atoms with Gasteiger partial charge in [0.2, 0.25) is 11.8 Å². The van der Waals surface area contributed by atoms with Crippen molar-refractivity contribution in [3.8, 4) is 5.75 Å². The zero-order chi connectivity index (χ0) is 33.9. The molecule has 2 aromatic rings. The van der Waals surface area contributed by atoms with Gasteiger partial charge in [0.1, 0.15) is 30.5 Å². The highest BCUT2D eigenvalue weighted by atomic mass is 16.5. The summed E-state index contributed by atoms with van der Waals surface area (Å²) in [7, 11) is 0. The van der Waals surface area contributed by atoms with Crippen LogP contribution in [0.3, 0.4) is 0 Å². The van der Waals surface area contributed by atoms with Crippen LogP contribution in [-0.4, -0.2) is 71.2 Å². The Morgan fingerprint density at radius 1 is 1.02 bits per heavy atom. The monoisotopic (exact) mass is 648 g/mol. The van der Waals surface area contributed by atoms with Crippen molar-refractivity contribution in [2.45, 2.75) is 90.6 Å². The summed E-state index contributed by atoms with van der Waals surface area (Å²) < 4.78 is 11.6. The summed E-state index contributed by atoms with van der Waals surface area (Å²) in [6, 6.07) is 11.5. The summed E-state index contributed by atoms with van der Waals surface area (Å²) >= 11 is 0. The molecule has 254 valence electrons. The lowest BCUT2D eigenvalue weighted by atomic mass is 9.96. The van der Waals surface area contributed by atoms with Crippen LogP contribution in [0.25, 0.3) is 6.08 Å². The number of ether oxygens (including phenoxy) is 2. The van der Waals surface area contributed by atoms with Crippen molar-refractivity contribution in [2.75, 3.05) is 13.2 Å². The fourth-order valence-electron chi connectivity index (χ4n) is 5.89. The molecule has 0 unspecified atom stereocenters. The van der Waals surface area contributed by atoms with Gasteiger partial charge in [-0.05, 0) is 73.4 Å². The van der Waals surface area contributed by atoms with Gasteiger partial charge in [-0.1, -0.05) is 63.3 Å². The van der Waals surface area contributed by atoms with Crippen LogP contribution < -0.4 is 16.1 Å². The quantitative estimate of drug-likeness (QED) is 0.360. The molecule has 0 spiro atoms. The predicted octanol–water partition coefficient (Wildman–Crippen LogP) is 3.65. The number of phenols is 1. The van der Waals surface area contributed by atoms with Gasteiger partial charge in [0.25, 0.3) is 5.91 Å². The molecule has 1 fully saturated rings. The van der Waals surface area contributed by atoms with E-state index in [2.05, 4.69) is 16.1 Å². The number of esters is 1. The molecule has 0 aliphatic carbocycles. The van der Waals surface area contributed by atoms with Crippen LogP contribution >= 0.6 is 0 Å². The molecule has 0 aromatic heterocycles. The maximum absolute atomic E-state index is 14.0. The molecule has 4 rings (SSSR count). The zero-order valence-corrected chi connectivity index (χ0v) is 27.7. The topological polar surface area (TPSA) is 146 Å². The maximum Gasteiger partial charge on any atom is 0.325 e. The summed E-state index contributed by atoms with van der Waals surface area (Å²) in [6.45, 7) is 8.17. The Morgan fingerprint density at radius 3 is 2.55 bits per heavy atom. The van der Waals surface area contributed by atoms with E-state index in [1.54, 1.807) is 19.1 Å². The molecular formula is C36H48N4O7. The number of amides is 3. The molecule has 1 saturated heterocycles. The smallest absolute Gasteiger partial charge is 0.325 e. The molecule has 0 radical (unpaired) electrons. The molecule has 2 aliphatic rings. The second kappa shape index (κ2) is 17.1. The molecule has 2 aromatic carbocycles. The number of nitrogens with one attached hydrogen (secondary N) is 3. The lowest BCUT2D eigenvalue weighted by Crippen LogP contribution is -2.62. The Bertz CT molecular complexity index is 1430. The van der Waals surface area contributed by atoms with Gasteiger partial charge in [-0.3, -0.25) is 24.2 Å². The van der Waals surface area contributed by atoms with E-state index in [0.717, 1.165) is 11.1 Å². The summed E-state index contributed by atoms with van der Waals surface area (Å²) in [5.74, 6) is -2.53. The third kappa shape index (κ3) is 10.1. The third-order valence-electron chi connectivity index (χ3n) is 8.56. The Morgan fingerprint density at radius 2 is 1.81 bits per heavy atom. The molecule has 11 nitrogen and oxygen atoms in total. The molecule has 2 aliphatic heterocycles. The van der Waals surface area contributed by atoms with E-state index in [-0.39, 0.29) is 36.7 Å².